The first kappa shape index (κ1) is 24.9. The number of ether oxygens (including phenoxy) is 2. The zero-order valence-corrected chi connectivity index (χ0v) is 19.9. The van der Waals surface area contributed by atoms with E-state index in [0.717, 1.165) is 0 Å². The van der Waals surface area contributed by atoms with E-state index in [1.165, 1.54) is 29.5 Å². The van der Waals surface area contributed by atoms with Crippen LogP contribution in [0.2, 0.25) is 0 Å². The maximum atomic E-state index is 12.6. The van der Waals surface area contributed by atoms with Gasteiger partial charge >= 0.3 is 5.97 Å². The molecule has 1 aliphatic rings. The van der Waals surface area contributed by atoms with Crippen molar-refractivity contribution in [3.63, 3.8) is 0 Å². The molecule has 180 valence electrons. The number of hydrogen-bond acceptors (Lipinski definition) is 9. The summed E-state index contributed by atoms with van der Waals surface area (Å²) in [5.74, 6) is -1.04. The summed E-state index contributed by atoms with van der Waals surface area (Å²) >= 11 is 1.20. The van der Waals surface area contributed by atoms with Gasteiger partial charge in [0.2, 0.25) is 0 Å². The number of nitrogens with one attached hydrogen (secondary N) is 2. The Labute approximate surface area is 195 Å². The molecule has 2 aromatic rings. The summed E-state index contributed by atoms with van der Waals surface area (Å²) < 4.78 is 36.1. The molecule has 0 atom stereocenters. The molecule has 1 saturated heterocycles. The number of nitrogens with zero attached hydrogens (tertiary/aromatic N) is 2. The van der Waals surface area contributed by atoms with Gasteiger partial charge in [0.1, 0.15) is 10.6 Å². The fourth-order valence-electron chi connectivity index (χ4n) is 3.07. The van der Waals surface area contributed by atoms with E-state index < -0.39 is 21.9 Å². The van der Waals surface area contributed by atoms with E-state index in [0.29, 0.717) is 59.7 Å². The van der Waals surface area contributed by atoms with Crippen molar-refractivity contribution in [2.45, 2.75) is 31.6 Å². The Morgan fingerprint density at radius 2 is 2.00 bits per heavy atom. The molecule has 3 rings (SSSR count). The van der Waals surface area contributed by atoms with E-state index in [1.807, 2.05) is 4.90 Å². The number of thiazole rings is 1. The van der Waals surface area contributed by atoms with Crippen LogP contribution in [-0.4, -0.2) is 63.3 Å². The smallest absolute Gasteiger partial charge is 0.303 e. The lowest BCUT2D eigenvalue weighted by molar-refractivity contribution is -0.137. The molecule has 13 heteroatoms. The van der Waals surface area contributed by atoms with Gasteiger partial charge in [-0.2, -0.15) is 0 Å². The number of amides is 1. The molecule has 1 aromatic heterocycles. The lowest BCUT2D eigenvalue weighted by Gasteiger charge is -2.25. The maximum absolute atomic E-state index is 12.6. The van der Waals surface area contributed by atoms with Crippen molar-refractivity contribution in [2.75, 3.05) is 37.8 Å². The average Bonchev–Trinajstić information content (AvgIpc) is 3.18. The fourth-order valence-corrected chi connectivity index (χ4v) is 5.01. The quantitative estimate of drug-likeness (QED) is 0.327. The van der Waals surface area contributed by atoms with Gasteiger partial charge in [-0.15, -0.1) is 4.83 Å². The van der Waals surface area contributed by atoms with Crippen LogP contribution in [0.5, 0.6) is 5.75 Å². The highest BCUT2D eigenvalue weighted by Crippen LogP contribution is 2.27. The molecule has 2 heterocycles. The van der Waals surface area contributed by atoms with Crippen LogP contribution < -0.4 is 19.9 Å². The van der Waals surface area contributed by atoms with Crippen LogP contribution in [0.1, 0.15) is 33.8 Å². The number of morpholine rings is 1. The minimum atomic E-state index is -4.02. The number of aliphatic carboxylic acids is 1. The third kappa shape index (κ3) is 6.63. The monoisotopic (exact) mass is 498 g/mol. The van der Waals surface area contributed by atoms with E-state index in [9.17, 15) is 18.0 Å². The van der Waals surface area contributed by atoms with E-state index in [1.54, 1.807) is 13.8 Å². The van der Waals surface area contributed by atoms with Crippen LogP contribution in [0.3, 0.4) is 0 Å². The lowest BCUT2D eigenvalue weighted by Crippen LogP contribution is -2.41. The van der Waals surface area contributed by atoms with Crippen LogP contribution in [0.4, 0.5) is 5.13 Å². The molecule has 3 N–H and O–H groups in total. The predicted molar refractivity (Wildman–Crippen MR) is 121 cm³/mol. The first-order valence-corrected chi connectivity index (χ1v) is 12.5. The topological polar surface area (TPSA) is 147 Å². The van der Waals surface area contributed by atoms with Crippen LogP contribution in [0.15, 0.2) is 23.1 Å². The number of benzene rings is 1. The van der Waals surface area contributed by atoms with Crippen molar-refractivity contribution >= 4 is 38.4 Å². The standard InChI is InChI=1S/C20H26N4O7S2/c1-13-12-15(5-6-16(13)31-9-3-4-17(25)26)33(28,29)23-22-19(27)18-14(2)21-20(32-18)24-7-10-30-11-8-24/h5-6,12,23H,3-4,7-11H2,1-2H3,(H,22,27)(H,25,26). The summed E-state index contributed by atoms with van der Waals surface area (Å²) in [5.41, 5.74) is 3.32. The van der Waals surface area contributed by atoms with Gasteiger partial charge in [0, 0.05) is 19.5 Å². The average molecular weight is 499 g/mol. The van der Waals surface area contributed by atoms with Gasteiger partial charge < -0.3 is 19.5 Å². The molecule has 0 bridgehead atoms. The second kappa shape index (κ2) is 10.9. The molecule has 1 aromatic carbocycles. The summed E-state index contributed by atoms with van der Waals surface area (Å²) in [6.07, 6.45) is 0.328. The van der Waals surface area contributed by atoms with Crippen LogP contribution in [0, 0.1) is 13.8 Å². The number of anilines is 1. The highest BCUT2D eigenvalue weighted by atomic mass is 32.2. The van der Waals surface area contributed by atoms with Crippen molar-refractivity contribution in [1.82, 2.24) is 15.2 Å². The van der Waals surface area contributed by atoms with E-state index in [2.05, 4.69) is 15.2 Å². The highest BCUT2D eigenvalue weighted by molar-refractivity contribution is 7.89. The number of carboxylic acids is 1. The summed E-state index contributed by atoms with van der Waals surface area (Å²) in [5, 5.41) is 9.35. The largest absolute Gasteiger partial charge is 0.493 e. The van der Waals surface area contributed by atoms with Crippen molar-refractivity contribution in [1.29, 1.82) is 0 Å². The van der Waals surface area contributed by atoms with Gasteiger partial charge in [-0.3, -0.25) is 15.0 Å². The minimum absolute atomic E-state index is 0.0116. The zero-order chi connectivity index (χ0) is 24.0. The van der Waals surface area contributed by atoms with Gasteiger partial charge in [-0.05, 0) is 44.0 Å². The zero-order valence-electron chi connectivity index (χ0n) is 18.3. The molecule has 0 unspecified atom stereocenters. The molecule has 0 saturated carbocycles. The van der Waals surface area contributed by atoms with Crippen LogP contribution in [-0.2, 0) is 19.6 Å². The number of carbonyl (C=O) groups is 2. The number of hydrazine groups is 1. The number of aromatic nitrogens is 1. The van der Waals surface area contributed by atoms with Crippen molar-refractivity contribution in [2.24, 2.45) is 0 Å². The molecule has 0 aliphatic carbocycles. The maximum Gasteiger partial charge on any atom is 0.303 e. The van der Waals surface area contributed by atoms with E-state index >= 15 is 0 Å². The molecule has 0 radical (unpaired) electrons. The van der Waals surface area contributed by atoms with Crippen LogP contribution in [0.25, 0.3) is 0 Å². The second-order valence-electron chi connectivity index (χ2n) is 7.34. The normalized spacial score (nSPS) is 14.2. The Morgan fingerprint density at radius 3 is 2.67 bits per heavy atom. The molecule has 11 nitrogen and oxygen atoms in total. The summed E-state index contributed by atoms with van der Waals surface area (Å²) in [7, 11) is -4.02. The highest BCUT2D eigenvalue weighted by Gasteiger charge is 2.22. The Morgan fingerprint density at radius 1 is 1.27 bits per heavy atom. The molecule has 33 heavy (non-hydrogen) atoms. The van der Waals surface area contributed by atoms with Crippen molar-refractivity contribution in [3.8, 4) is 5.75 Å². The molecular weight excluding hydrogens is 472 g/mol. The molecular formula is C20H26N4O7S2. The second-order valence-corrected chi connectivity index (χ2v) is 10.0. The van der Waals surface area contributed by atoms with Gasteiger partial charge in [0.05, 0.1) is 30.4 Å². The van der Waals surface area contributed by atoms with Gasteiger partial charge in [-0.1, -0.05) is 11.3 Å². The number of carbonyl (C=O) groups excluding carboxylic acids is 1. The molecule has 1 fully saturated rings. The van der Waals surface area contributed by atoms with Gasteiger partial charge in [-0.25, -0.2) is 13.4 Å². The Kier molecular flexibility index (Phi) is 8.24. The lowest BCUT2D eigenvalue weighted by atomic mass is 10.2. The van der Waals surface area contributed by atoms with E-state index in [-0.39, 0.29) is 17.9 Å². The van der Waals surface area contributed by atoms with Gasteiger partial charge in [0.15, 0.2) is 5.13 Å². The SMILES string of the molecule is Cc1cc(S(=O)(=O)NNC(=O)c2sc(N3CCOCC3)nc2C)ccc1OCCCC(=O)O. The number of aryl methyl sites for hydroxylation is 2. The fraction of sp³-hybridized carbons (Fsp3) is 0.450. The summed E-state index contributed by atoms with van der Waals surface area (Å²) in [4.78, 5) is 32.0. The Balaban J connectivity index is 1.60. The number of carboxylic acid groups (broad SMARTS) is 1. The molecule has 0 spiro atoms. The summed E-state index contributed by atoms with van der Waals surface area (Å²) in [6, 6.07) is 4.26. The number of hydrogen-bond donors (Lipinski definition) is 3. The first-order valence-electron chi connectivity index (χ1n) is 10.2. The van der Waals surface area contributed by atoms with E-state index in [4.69, 9.17) is 14.6 Å². The molecule has 1 aliphatic heterocycles. The minimum Gasteiger partial charge on any atom is -0.493 e. The third-order valence-corrected chi connectivity index (χ3v) is 7.28. The van der Waals surface area contributed by atoms with Crippen LogP contribution >= 0.6 is 11.3 Å². The summed E-state index contributed by atoms with van der Waals surface area (Å²) in [6.45, 7) is 6.12. The Bertz CT molecular complexity index is 1110. The predicted octanol–water partition coefficient (Wildman–Crippen LogP) is 1.46. The van der Waals surface area contributed by atoms with Gasteiger partial charge in [0.25, 0.3) is 15.9 Å². The van der Waals surface area contributed by atoms with Crippen molar-refractivity contribution < 1.29 is 32.6 Å². The first-order chi connectivity index (χ1) is 15.7. The third-order valence-electron chi connectivity index (χ3n) is 4.82. The van der Waals surface area contributed by atoms with Crippen molar-refractivity contribution in [3.05, 3.63) is 34.3 Å². The number of rotatable bonds is 10. The molecule has 1 amide bonds. The number of sulfonamides is 1. The Hall–Kier alpha value is -2.74.